The van der Waals surface area contributed by atoms with E-state index in [-0.39, 0.29) is 5.82 Å². The smallest absolute Gasteiger partial charge is 0.128 e. The quantitative estimate of drug-likeness (QED) is 0.700. The Labute approximate surface area is 94.5 Å². The Hall–Kier alpha value is -0.970. The highest BCUT2D eigenvalue weighted by Crippen LogP contribution is 2.32. The summed E-state index contributed by atoms with van der Waals surface area (Å²) >= 11 is 0. The van der Waals surface area contributed by atoms with Crippen LogP contribution in [0.25, 0.3) is 0 Å². The van der Waals surface area contributed by atoms with Crippen molar-refractivity contribution in [3.05, 3.63) is 35.6 Å². The summed E-state index contributed by atoms with van der Waals surface area (Å²) in [5.41, 5.74) is 5.39. The Morgan fingerprint density at radius 3 is 2.56 bits per heavy atom. The Kier molecular flexibility index (Phi) is 3.23. The van der Waals surface area contributed by atoms with E-state index in [1.807, 2.05) is 0 Å². The third-order valence-electron chi connectivity index (χ3n) is 3.29. The molecule has 1 aromatic rings. The van der Waals surface area contributed by atoms with Crippen LogP contribution in [-0.2, 0) is 0 Å². The monoisotopic (exact) mass is 224 g/mol. The summed E-state index contributed by atoms with van der Waals surface area (Å²) < 4.78 is 13.6. The molecule has 0 radical (unpaired) electrons. The molecule has 0 saturated carbocycles. The molecule has 4 heteroatoms. The van der Waals surface area contributed by atoms with Crippen molar-refractivity contribution >= 4 is 0 Å². The van der Waals surface area contributed by atoms with Crippen LogP contribution in [0, 0.1) is 5.82 Å². The number of piperidine rings is 1. The first-order valence-corrected chi connectivity index (χ1v) is 5.56. The average molecular weight is 224 g/mol. The minimum Gasteiger partial charge on any atom is -0.388 e. The van der Waals surface area contributed by atoms with E-state index >= 15 is 0 Å². The first kappa shape index (κ1) is 11.5. The number of rotatable bonds is 2. The third kappa shape index (κ3) is 2.09. The highest BCUT2D eigenvalue weighted by Gasteiger charge is 2.37. The van der Waals surface area contributed by atoms with Crippen molar-refractivity contribution < 1.29 is 9.50 Å². The van der Waals surface area contributed by atoms with Crippen LogP contribution in [0.1, 0.15) is 24.4 Å². The largest absolute Gasteiger partial charge is 0.388 e. The highest BCUT2D eigenvalue weighted by molar-refractivity contribution is 5.24. The van der Waals surface area contributed by atoms with Crippen molar-refractivity contribution in [1.82, 2.24) is 5.32 Å². The molecule has 0 spiro atoms. The van der Waals surface area contributed by atoms with Gasteiger partial charge < -0.3 is 16.2 Å². The van der Waals surface area contributed by atoms with Gasteiger partial charge in [0.2, 0.25) is 0 Å². The lowest BCUT2D eigenvalue weighted by Gasteiger charge is -2.37. The summed E-state index contributed by atoms with van der Waals surface area (Å²) in [5, 5.41) is 13.5. The van der Waals surface area contributed by atoms with Gasteiger partial charge in [-0.05, 0) is 32.0 Å². The second kappa shape index (κ2) is 4.49. The number of aliphatic hydroxyl groups is 1. The summed E-state index contributed by atoms with van der Waals surface area (Å²) in [7, 11) is 0. The molecule has 0 aromatic heterocycles. The molecule has 1 atom stereocenters. The molecule has 1 saturated heterocycles. The topological polar surface area (TPSA) is 58.3 Å². The van der Waals surface area contributed by atoms with Crippen LogP contribution in [0.15, 0.2) is 24.3 Å². The molecule has 1 aliphatic rings. The van der Waals surface area contributed by atoms with E-state index in [2.05, 4.69) is 5.32 Å². The highest BCUT2D eigenvalue weighted by atomic mass is 19.1. The van der Waals surface area contributed by atoms with Crippen molar-refractivity contribution in [3.8, 4) is 0 Å². The summed E-state index contributed by atoms with van der Waals surface area (Å²) in [6, 6.07) is 5.72. The fourth-order valence-corrected chi connectivity index (χ4v) is 2.19. The van der Waals surface area contributed by atoms with Crippen molar-refractivity contribution in [2.45, 2.75) is 24.5 Å². The van der Waals surface area contributed by atoms with E-state index in [1.54, 1.807) is 18.2 Å². The zero-order valence-electron chi connectivity index (χ0n) is 9.12. The van der Waals surface area contributed by atoms with Gasteiger partial charge >= 0.3 is 0 Å². The van der Waals surface area contributed by atoms with Gasteiger partial charge in [0.25, 0.3) is 0 Å². The number of nitrogens with two attached hydrogens (primary N) is 1. The first-order valence-electron chi connectivity index (χ1n) is 5.56. The molecule has 16 heavy (non-hydrogen) atoms. The average Bonchev–Trinajstić information content (AvgIpc) is 2.30. The minimum atomic E-state index is -0.993. The lowest BCUT2D eigenvalue weighted by atomic mass is 9.82. The van der Waals surface area contributed by atoms with E-state index < -0.39 is 11.6 Å². The molecule has 1 aliphatic heterocycles. The predicted molar refractivity (Wildman–Crippen MR) is 60.4 cm³/mol. The maximum absolute atomic E-state index is 13.6. The molecule has 0 amide bonds. The minimum absolute atomic E-state index is 0.345. The van der Waals surface area contributed by atoms with Crippen molar-refractivity contribution in [1.29, 1.82) is 0 Å². The van der Waals surface area contributed by atoms with Crippen LogP contribution in [0.2, 0.25) is 0 Å². The van der Waals surface area contributed by atoms with E-state index in [4.69, 9.17) is 5.73 Å². The van der Waals surface area contributed by atoms with Gasteiger partial charge in [-0.15, -0.1) is 0 Å². The van der Waals surface area contributed by atoms with E-state index in [9.17, 15) is 9.50 Å². The van der Waals surface area contributed by atoms with Crippen LogP contribution >= 0.6 is 0 Å². The normalized spacial score (nSPS) is 21.7. The van der Waals surface area contributed by atoms with E-state index in [1.165, 1.54) is 6.07 Å². The Balaban J connectivity index is 2.24. The van der Waals surface area contributed by atoms with Gasteiger partial charge in [-0.3, -0.25) is 0 Å². The number of hydrogen-bond acceptors (Lipinski definition) is 3. The second-order valence-electron chi connectivity index (χ2n) is 4.35. The summed E-state index contributed by atoms with van der Waals surface area (Å²) in [6.07, 6.45) is 1.12. The zero-order valence-corrected chi connectivity index (χ0v) is 9.12. The van der Waals surface area contributed by atoms with Crippen LogP contribution < -0.4 is 11.1 Å². The van der Waals surface area contributed by atoms with Gasteiger partial charge in [-0.1, -0.05) is 18.2 Å². The lowest BCUT2D eigenvalue weighted by Crippen LogP contribution is -2.49. The number of halogens is 1. The van der Waals surface area contributed by atoms with Gasteiger partial charge in [0.15, 0.2) is 0 Å². The molecule has 88 valence electrons. The summed E-state index contributed by atoms with van der Waals surface area (Å²) in [4.78, 5) is 0. The van der Waals surface area contributed by atoms with Gasteiger partial charge in [0.1, 0.15) is 5.82 Å². The van der Waals surface area contributed by atoms with Crippen molar-refractivity contribution in [2.75, 3.05) is 13.1 Å². The van der Waals surface area contributed by atoms with Crippen molar-refractivity contribution in [2.24, 2.45) is 5.73 Å². The number of hydrogen-bond donors (Lipinski definition) is 3. The SMILES string of the molecule is NC(c1ccccc1F)C1(O)CCNCC1. The second-order valence-corrected chi connectivity index (χ2v) is 4.35. The first-order chi connectivity index (χ1) is 7.63. The van der Waals surface area contributed by atoms with Gasteiger partial charge in [-0.25, -0.2) is 4.39 Å². The molecule has 1 heterocycles. The molecular formula is C12H17FN2O. The van der Waals surface area contributed by atoms with Crippen molar-refractivity contribution in [3.63, 3.8) is 0 Å². The number of nitrogens with one attached hydrogen (secondary N) is 1. The molecule has 1 unspecified atom stereocenters. The van der Waals surface area contributed by atoms with E-state index in [0.717, 1.165) is 13.1 Å². The predicted octanol–water partition coefficient (Wildman–Crippen LogP) is 0.940. The molecular weight excluding hydrogens is 207 g/mol. The molecule has 2 rings (SSSR count). The number of benzene rings is 1. The molecule has 4 N–H and O–H groups in total. The molecule has 1 fully saturated rings. The van der Waals surface area contributed by atoms with Crippen LogP contribution in [0.4, 0.5) is 4.39 Å². The molecule has 0 bridgehead atoms. The van der Waals surface area contributed by atoms with Gasteiger partial charge in [0, 0.05) is 5.56 Å². The maximum atomic E-state index is 13.6. The van der Waals surface area contributed by atoms with Gasteiger partial charge in [0.05, 0.1) is 11.6 Å². The molecule has 1 aromatic carbocycles. The lowest BCUT2D eigenvalue weighted by molar-refractivity contribution is -0.0152. The fraction of sp³-hybridized carbons (Fsp3) is 0.500. The zero-order chi connectivity index (χ0) is 11.6. The summed E-state index contributed by atoms with van der Waals surface area (Å²) in [5.74, 6) is -0.345. The Morgan fingerprint density at radius 1 is 1.31 bits per heavy atom. The van der Waals surface area contributed by atoms with Crippen LogP contribution in [0.3, 0.4) is 0 Å². The Morgan fingerprint density at radius 2 is 1.94 bits per heavy atom. The third-order valence-corrected chi connectivity index (χ3v) is 3.29. The Bertz CT molecular complexity index is 364. The van der Waals surface area contributed by atoms with Gasteiger partial charge in [-0.2, -0.15) is 0 Å². The van der Waals surface area contributed by atoms with Crippen LogP contribution in [0.5, 0.6) is 0 Å². The van der Waals surface area contributed by atoms with E-state index in [0.29, 0.717) is 18.4 Å². The van der Waals surface area contributed by atoms with Crippen LogP contribution in [-0.4, -0.2) is 23.8 Å². The fourth-order valence-electron chi connectivity index (χ4n) is 2.19. The maximum Gasteiger partial charge on any atom is 0.128 e. The standard InChI is InChI=1S/C12H17FN2O/c13-10-4-2-1-3-9(10)11(14)12(16)5-7-15-8-6-12/h1-4,11,15-16H,5-8,14H2. The summed E-state index contributed by atoms with van der Waals surface area (Å²) in [6.45, 7) is 1.44. The molecule has 0 aliphatic carbocycles. The molecule has 3 nitrogen and oxygen atoms in total.